The van der Waals surface area contributed by atoms with E-state index in [0.717, 1.165) is 0 Å². The number of hydrogen-bond donors (Lipinski definition) is 1. The minimum absolute atomic E-state index is 0.180. The number of nitrogen functional groups attached to an aromatic ring is 1. The van der Waals surface area contributed by atoms with E-state index < -0.39 is 8.32 Å². The van der Waals surface area contributed by atoms with E-state index in [1.54, 1.807) is 24.3 Å². The quantitative estimate of drug-likeness (QED) is 0.690. The molecule has 0 saturated heterocycles. The Morgan fingerprint density at radius 2 is 1.85 bits per heavy atom. The summed E-state index contributed by atoms with van der Waals surface area (Å²) in [5.74, 6) is -0.231. The summed E-state index contributed by atoms with van der Waals surface area (Å²) in [5.41, 5.74) is 6.77. The Kier molecular flexibility index (Phi) is 3.85. The Morgan fingerprint density at radius 1 is 1.20 bits per heavy atom. The van der Waals surface area contributed by atoms with Gasteiger partial charge >= 0.3 is 6.01 Å². The van der Waals surface area contributed by atoms with E-state index in [1.165, 1.54) is 6.20 Å². The van der Waals surface area contributed by atoms with Crippen LogP contribution in [0.5, 0.6) is 6.01 Å². The van der Waals surface area contributed by atoms with Gasteiger partial charge in [0.2, 0.25) is 14.1 Å². The second kappa shape index (κ2) is 5.42. The van der Waals surface area contributed by atoms with Gasteiger partial charge in [0.25, 0.3) is 0 Å². The van der Waals surface area contributed by atoms with Gasteiger partial charge < -0.3 is 10.2 Å². The van der Waals surface area contributed by atoms with Crippen molar-refractivity contribution in [3.8, 4) is 6.01 Å². The minimum atomic E-state index is -1.83. The first-order chi connectivity index (χ1) is 9.37. The zero-order valence-electron chi connectivity index (χ0n) is 11.8. The molecule has 0 radical (unpaired) electrons. The number of carbonyl (C=O) groups is 1. The second-order valence-corrected chi connectivity index (χ2v) is 9.79. The van der Waals surface area contributed by atoms with Crippen molar-refractivity contribution in [3.63, 3.8) is 0 Å². The van der Waals surface area contributed by atoms with Crippen LogP contribution in [0.2, 0.25) is 19.6 Å². The fraction of sp³-hybridized carbons (Fsp3) is 0.214. The molecule has 0 amide bonds. The van der Waals surface area contributed by atoms with E-state index >= 15 is 0 Å². The lowest BCUT2D eigenvalue weighted by Crippen LogP contribution is -2.30. The van der Waals surface area contributed by atoms with Crippen LogP contribution in [-0.4, -0.2) is 24.1 Å². The fourth-order valence-electron chi connectivity index (χ4n) is 1.61. The lowest BCUT2D eigenvalue weighted by molar-refractivity contribution is 0.103. The molecular weight excluding hydrogens is 270 g/mol. The molecule has 1 aromatic carbocycles. The Bertz CT molecular complexity index is 624. The van der Waals surface area contributed by atoms with Crippen LogP contribution in [-0.2, 0) is 0 Å². The van der Waals surface area contributed by atoms with Crippen LogP contribution in [0.3, 0.4) is 0 Å². The van der Waals surface area contributed by atoms with Gasteiger partial charge in [-0.25, -0.2) is 4.98 Å². The highest BCUT2D eigenvalue weighted by Gasteiger charge is 2.21. The third kappa shape index (κ3) is 3.42. The molecule has 2 aromatic rings. The molecule has 5 nitrogen and oxygen atoms in total. The van der Waals surface area contributed by atoms with Crippen LogP contribution in [0.1, 0.15) is 16.1 Å². The van der Waals surface area contributed by atoms with E-state index in [9.17, 15) is 4.79 Å². The highest BCUT2D eigenvalue weighted by molar-refractivity contribution is 6.70. The van der Waals surface area contributed by atoms with Crippen molar-refractivity contribution in [1.82, 2.24) is 9.97 Å². The molecule has 1 aromatic heterocycles. The lowest BCUT2D eigenvalue weighted by Gasteiger charge is -2.17. The molecular formula is C14H17N3O2Si. The lowest BCUT2D eigenvalue weighted by atomic mass is 10.1. The molecule has 0 atom stereocenters. The summed E-state index contributed by atoms with van der Waals surface area (Å²) in [6.07, 6.45) is 1.42. The molecule has 0 aliphatic heterocycles. The number of hydrogen-bond acceptors (Lipinski definition) is 5. The molecule has 0 unspecified atom stereocenters. The van der Waals surface area contributed by atoms with Crippen LogP contribution in [0.15, 0.2) is 36.5 Å². The number of ketones is 1. The topological polar surface area (TPSA) is 78.1 Å². The van der Waals surface area contributed by atoms with Gasteiger partial charge in [0.1, 0.15) is 5.69 Å². The summed E-state index contributed by atoms with van der Waals surface area (Å²) in [5, 5.41) is 0. The standard InChI is InChI=1S/C14H17N3O2Si/c1-20(2,3)19-14-16-9-11(15)12(17-14)13(18)10-7-5-4-6-8-10/h4-9H,15H2,1-3H3. The molecule has 6 heteroatoms. The normalized spacial score (nSPS) is 11.2. The molecule has 2 rings (SSSR count). The maximum Gasteiger partial charge on any atom is 0.303 e. The third-order valence-electron chi connectivity index (χ3n) is 2.44. The van der Waals surface area contributed by atoms with E-state index in [2.05, 4.69) is 9.97 Å². The third-order valence-corrected chi connectivity index (χ3v) is 3.24. The first-order valence-corrected chi connectivity index (χ1v) is 9.69. The van der Waals surface area contributed by atoms with Gasteiger partial charge in [-0.2, -0.15) is 4.98 Å². The monoisotopic (exact) mass is 287 g/mol. The predicted octanol–water partition coefficient (Wildman–Crippen LogP) is 2.50. The van der Waals surface area contributed by atoms with Gasteiger partial charge in [-0.05, 0) is 19.6 Å². The SMILES string of the molecule is C[Si](C)(C)Oc1ncc(N)c(C(=O)c2ccccc2)n1. The Labute approximate surface area is 119 Å². The first kappa shape index (κ1) is 14.2. The smallest absolute Gasteiger partial charge is 0.303 e. The van der Waals surface area contributed by atoms with Crippen molar-refractivity contribution in [1.29, 1.82) is 0 Å². The van der Waals surface area contributed by atoms with Crippen LogP contribution in [0.25, 0.3) is 0 Å². The van der Waals surface area contributed by atoms with Crippen molar-refractivity contribution in [2.24, 2.45) is 0 Å². The van der Waals surface area contributed by atoms with E-state index in [-0.39, 0.29) is 23.2 Å². The Morgan fingerprint density at radius 3 is 2.45 bits per heavy atom. The molecule has 0 spiro atoms. The second-order valence-electron chi connectivity index (χ2n) is 5.37. The molecule has 104 valence electrons. The van der Waals surface area contributed by atoms with Crippen molar-refractivity contribution < 1.29 is 9.22 Å². The van der Waals surface area contributed by atoms with Gasteiger partial charge in [-0.1, -0.05) is 30.3 Å². The first-order valence-electron chi connectivity index (χ1n) is 6.28. The molecule has 1 heterocycles. The summed E-state index contributed by atoms with van der Waals surface area (Å²) < 4.78 is 5.69. The van der Waals surface area contributed by atoms with Crippen molar-refractivity contribution in [2.75, 3.05) is 5.73 Å². The highest BCUT2D eigenvalue weighted by Crippen LogP contribution is 2.18. The van der Waals surface area contributed by atoms with Gasteiger partial charge in [-0.15, -0.1) is 0 Å². The van der Waals surface area contributed by atoms with E-state index in [4.69, 9.17) is 10.2 Å². The summed E-state index contributed by atoms with van der Waals surface area (Å²) in [7, 11) is -1.83. The molecule has 0 fully saturated rings. The number of aromatic nitrogens is 2. The molecule has 0 aliphatic rings. The van der Waals surface area contributed by atoms with Gasteiger partial charge in [0.15, 0.2) is 0 Å². The van der Waals surface area contributed by atoms with Crippen LogP contribution in [0.4, 0.5) is 5.69 Å². The number of nitrogens with zero attached hydrogens (tertiary/aromatic N) is 2. The number of nitrogens with two attached hydrogens (primary N) is 1. The van der Waals surface area contributed by atoms with Gasteiger partial charge in [0, 0.05) is 5.56 Å². The Hall–Kier alpha value is -2.21. The summed E-state index contributed by atoms with van der Waals surface area (Å²) in [6.45, 7) is 6.06. The maximum atomic E-state index is 12.4. The van der Waals surface area contributed by atoms with Crippen molar-refractivity contribution in [2.45, 2.75) is 19.6 Å². The average Bonchev–Trinajstić information content (AvgIpc) is 2.40. The molecule has 0 aliphatic carbocycles. The van der Waals surface area contributed by atoms with Crippen molar-refractivity contribution >= 4 is 19.8 Å². The van der Waals surface area contributed by atoms with Crippen LogP contribution >= 0.6 is 0 Å². The summed E-state index contributed by atoms with van der Waals surface area (Å²) in [4.78, 5) is 20.6. The summed E-state index contributed by atoms with van der Waals surface area (Å²) in [6, 6.07) is 9.09. The number of carbonyl (C=O) groups excluding carboxylic acids is 1. The van der Waals surface area contributed by atoms with Gasteiger partial charge in [0.05, 0.1) is 11.9 Å². The van der Waals surface area contributed by atoms with Gasteiger partial charge in [-0.3, -0.25) is 4.79 Å². The summed E-state index contributed by atoms with van der Waals surface area (Å²) >= 11 is 0. The minimum Gasteiger partial charge on any atom is -0.518 e. The molecule has 2 N–H and O–H groups in total. The zero-order chi connectivity index (χ0) is 14.8. The number of rotatable bonds is 4. The van der Waals surface area contributed by atoms with Crippen LogP contribution in [0, 0.1) is 0 Å². The van der Waals surface area contributed by atoms with E-state index in [1.807, 2.05) is 25.7 Å². The average molecular weight is 287 g/mol. The number of anilines is 1. The predicted molar refractivity (Wildman–Crippen MR) is 80.3 cm³/mol. The Balaban J connectivity index is 2.36. The largest absolute Gasteiger partial charge is 0.518 e. The maximum absolute atomic E-state index is 12.4. The fourth-order valence-corrected chi connectivity index (χ4v) is 2.25. The van der Waals surface area contributed by atoms with Crippen LogP contribution < -0.4 is 10.2 Å². The molecule has 0 bridgehead atoms. The highest BCUT2D eigenvalue weighted by atomic mass is 28.4. The molecule has 0 saturated carbocycles. The number of benzene rings is 1. The zero-order valence-corrected chi connectivity index (χ0v) is 12.8. The van der Waals surface area contributed by atoms with E-state index in [0.29, 0.717) is 5.56 Å². The molecule has 20 heavy (non-hydrogen) atoms. The van der Waals surface area contributed by atoms with Crippen molar-refractivity contribution in [3.05, 3.63) is 47.8 Å².